The third kappa shape index (κ3) is 4.19. The topological polar surface area (TPSA) is 66.4 Å². The minimum absolute atomic E-state index is 0.0317. The summed E-state index contributed by atoms with van der Waals surface area (Å²) in [6.45, 7) is 2.53. The van der Waals surface area contributed by atoms with E-state index >= 15 is 0 Å². The van der Waals surface area contributed by atoms with Crippen LogP contribution >= 0.6 is 0 Å². The lowest BCUT2D eigenvalue weighted by Crippen LogP contribution is -2.27. The van der Waals surface area contributed by atoms with Crippen LogP contribution in [-0.2, 0) is 17.3 Å². The van der Waals surface area contributed by atoms with Gasteiger partial charge in [-0.25, -0.2) is 9.18 Å². The molecule has 2 N–H and O–H groups in total. The summed E-state index contributed by atoms with van der Waals surface area (Å²) < 4.78 is 24.5. The van der Waals surface area contributed by atoms with Gasteiger partial charge >= 0.3 is 5.97 Å². The lowest BCUT2D eigenvalue weighted by Gasteiger charge is -2.10. The standard InChI is InChI=1S/C12H16FNO3S/c1-8(18(2)17)6-14-7-10-5-9(12(15)16)3-4-11(10)13/h3-5,8,14H,6-7H2,1-2H3,(H,15,16). The number of carbonyl (C=O) groups is 1. The Hall–Kier alpha value is -1.27. The molecule has 0 aliphatic heterocycles. The predicted molar refractivity (Wildman–Crippen MR) is 68.6 cm³/mol. The second-order valence-electron chi connectivity index (χ2n) is 4.05. The molecule has 1 aromatic rings. The van der Waals surface area contributed by atoms with Crippen molar-refractivity contribution in [1.29, 1.82) is 0 Å². The van der Waals surface area contributed by atoms with Gasteiger partial charge in [0.1, 0.15) is 5.82 Å². The van der Waals surface area contributed by atoms with Crippen LogP contribution < -0.4 is 5.32 Å². The third-order valence-corrected chi connectivity index (χ3v) is 3.91. The lowest BCUT2D eigenvalue weighted by atomic mass is 10.1. The molecule has 100 valence electrons. The average Bonchev–Trinajstić information content (AvgIpc) is 2.30. The summed E-state index contributed by atoms with van der Waals surface area (Å²) in [4.78, 5) is 10.8. The van der Waals surface area contributed by atoms with Gasteiger partial charge in [0.15, 0.2) is 0 Å². The van der Waals surface area contributed by atoms with E-state index in [-0.39, 0.29) is 17.4 Å². The van der Waals surface area contributed by atoms with E-state index in [2.05, 4.69) is 5.32 Å². The third-order valence-electron chi connectivity index (χ3n) is 2.61. The van der Waals surface area contributed by atoms with Crippen molar-refractivity contribution in [2.75, 3.05) is 12.8 Å². The molecule has 0 amide bonds. The fourth-order valence-corrected chi connectivity index (χ4v) is 1.72. The largest absolute Gasteiger partial charge is 0.478 e. The summed E-state index contributed by atoms with van der Waals surface area (Å²) in [7, 11) is -0.936. The molecule has 0 spiro atoms. The molecule has 0 bridgehead atoms. The summed E-state index contributed by atoms with van der Waals surface area (Å²) in [6.07, 6.45) is 1.61. The normalized spacial score (nSPS) is 14.2. The lowest BCUT2D eigenvalue weighted by molar-refractivity contribution is 0.0696. The monoisotopic (exact) mass is 273 g/mol. The summed E-state index contributed by atoms with van der Waals surface area (Å²) in [5, 5.41) is 11.7. The molecule has 1 aromatic carbocycles. The van der Waals surface area contributed by atoms with E-state index in [1.165, 1.54) is 12.1 Å². The number of carboxylic acid groups (broad SMARTS) is 1. The van der Waals surface area contributed by atoms with E-state index in [4.69, 9.17) is 5.11 Å². The maximum Gasteiger partial charge on any atom is 0.335 e. The van der Waals surface area contributed by atoms with E-state index in [0.717, 1.165) is 6.07 Å². The van der Waals surface area contributed by atoms with Gasteiger partial charge < -0.3 is 10.4 Å². The number of hydrogen-bond acceptors (Lipinski definition) is 3. The summed E-state index contributed by atoms with van der Waals surface area (Å²) in [5.74, 6) is -1.53. The van der Waals surface area contributed by atoms with Gasteiger partial charge in [0.2, 0.25) is 0 Å². The number of carboxylic acids is 1. The molecule has 1 rings (SSSR count). The summed E-state index contributed by atoms with van der Waals surface area (Å²) >= 11 is 0. The Balaban J connectivity index is 2.64. The van der Waals surface area contributed by atoms with Gasteiger partial charge in [0.05, 0.1) is 5.56 Å². The van der Waals surface area contributed by atoms with Gasteiger partial charge in [-0.15, -0.1) is 0 Å². The zero-order valence-corrected chi connectivity index (χ0v) is 11.1. The van der Waals surface area contributed by atoms with Crippen molar-refractivity contribution in [3.63, 3.8) is 0 Å². The van der Waals surface area contributed by atoms with Crippen LogP contribution in [0.15, 0.2) is 18.2 Å². The molecule has 0 saturated heterocycles. The first kappa shape index (κ1) is 14.8. The minimum atomic E-state index is -1.08. The van der Waals surface area contributed by atoms with Crippen LogP contribution in [0.3, 0.4) is 0 Å². The molecular weight excluding hydrogens is 257 g/mol. The molecule has 18 heavy (non-hydrogen) atoms. The van der Waals surface area contributed by atoms with Gasteiger partial charge in [-0.2, -0.15) is 0 Å². The van der Waals surface area contributed by atoms with Crippen molar-refractivity contribution in [2.24, 2.45) is 0 Å². The maximum absolute atomic E-state index is 13.4. The Morgan fingerprint density at radius 2 is 2.22 bits per heavy atom. The van der Waals surface area contributed by atoms with Gasteiger partial charge in [0.25, 0.3) is 0 Å². The molecule has 0 saturated carbocycles. The number of benzene rings is 1. The Labute approximate surface area is 108 Å². The van der Waals surface area contributed by atoms with Crippen LogP contribution in [0.1, 0.15) is 22.8 Å². The fourth-order valence-electron chi connectivity index (χ4n) is 1.37. The average molecular weight is 273 g/mol. The first-order valence-electron chi connectivity index (χ1n) is 5.46. The second kappa shape index (κ2) is 6.61. The zero-order valence-electron chi connectivity index (χ0n) is 10.3. The van der Waals surface area contributed by atoms with E-state index in [1.54, 1.807) is 6.26 Å². The number of rotatable bonds is 6. The Kier molecular flexibility index (Phi) is 5.43. The molecule has 0 fully saturated rings. The van der Waals surface area contributed by atoms with Crippen molar-refractivity contribution >= 4 is 16.8 Å². The second-order valence-corrected chi connectivity index (χ2v) is 5.85. The Bertz CT molecular complexity index is 465. The SMILES string of the molecule is CC(CNCc1cc(C(=O)O)ccc1F)S(C)=O. The summed E-state index contributed by atoms with van der Waals surface area (Å²) in [6, 6.07) is 3.67. The van der Waals surface area contributed by atoms with Crippen LogP contribution in [0.4, 0.5) is 4.39 Å². The van der Waals surface area contributed by atoms with Gasteiger partial charge in [-0.05, 0) is 25.1 Å². The van der Waals surface area contributed by atoms with Crippen molar-refractivity contribution in [1.82, 2.24) is 5.32 Å². The van der Waals surface area contributed by atoms with Gasteiger partial charge in [-0.1, -0.05) is 0 Å². The van der Waals surface area contributed by atoms with Crippen LogP contribution in [-0.4, -0.2) is 33.3 Å². The molecule has 6 heteroatoms. The smallest absolute Gasteiger partial charge is 0.335 e. The van der Waals surface area contributed by atoms with Crippen molar-refractivity contribution in [2.45, 2.75) is 18.7 Å². The molecular formula is C12H16FNO3S. The maximum atomic E-state index is 13.4. The Morgan fingerprint density at radius 1 is 1.56 bits per heavy atom. The molecule has 0 aliphatic carbocycles. The fraction of sp³-hybridized carbons (Fsp3) is 0.417. The molecule has 0 aromatic heterocycles. The quantitative estimate of drug-likeness (QED) is 0.822. The highest BCUT2D eigenvalue weighted by Gasteiger charge is 2.09. The van der Waals surface area contributed by atoms with Gasteiger partial charge in [0, 0.05) is 41.0 Å². The molecule has 2 unspecified atom stereocenters. The van der Waals surface area contributed by atoms with Crippen molar-refractivity contribution in [3.05, 3.63) is 35.1 Å². The zero-order chi connectivity index (χ0) is 13.7. The van der Waals surface area contributed by atoms with Crippen molar-refractivity contribution in [3.8, 4) is 0 Å². The van der Waals surface area contributed by atoms with Crippen molar-refractivity contribution < 1.29 is 18.5 Å². The highest BCUT2D eigenvalue weighted by molar-refractivity contribution is 7.84. The van der Waals surface area contributed by atoms with Gasteiger partial charge in [-0.3, -0.25) is 4.21 Å². The van der Waals surface area contributed by atoms with E-state index < -0.39 is 22.6 Å². The van der Waals surface area contributed by atoms with Crippen LogP contribution in [0.5, 0.6) is 0 Å². The highest BCUT2D eigenvalue weighted by atomic mass is 32.2. The molecule has 0 heterocycles. The number of hydrogen-bond donors (Lipinski definition) is 2. The predicted octanol–water partition coefficient (Wildman–Crippen LogP) is 1.38. The number of nitrogens with one attached hydrogen (secondary N) is 1. The van der Waals surface area contributed by atoms with E-state index in [9.17, 15) is 13.4 Å². The highest BCUT2D eigenvalue weighted by Crippen LogP contribution is 2.10. The Morgan fingerprint density at radius 3 is 2.78 bits per heavy atom. The molecule has 2 atom stereocenters. The van der Waals surface area contributed by atoms with E-state index in [1.807, 2.05) is 6.92 Å². The minimum Gasteiger partial charge on any atom is -0.478 e. The molecule has 0 aliphatic rings. The number of aromatic carboxylic acids is 1. The molecule has 0 radical (unpaired) electrons. The molecule has 4 nitrogen and oxygen atoms in total. The van der Waals surface area contributed by atoms with Crippen LogP contribution in [0.2, 0.25) is 0 Å². The summed E-state index contributed by atoms with van der Waals surface area (Å²) in [5.41, 5.74) is 0.351. The van der Waals surface area contributed by atoms with E-state index in [0.29, 0.717) is 12.1 Å². The first-order chi connectivity index (χ1) is 8.41. The number of halogens is 1. The van der Waals surface area contributed by atoms with Crippen LogP contribution in [0.25, 0.3) is 0 Å². The van der Waals surface area contributed by atoms with Crippen LogP contribution in [0, 0.1) is 5.82 Å². The first-order valence-corrected chi connectivity index (χ1v) is 7.08.